The maximum Gasteiger partial charge on any atom is 0.222 e. The molecule has 0 unspecified atom stereocenters. The van der Waals surface area contributed by atoms with Gasteiger partial charge < -0.3 is 11.1 Å². The largest absolute Gasteiger partial charge is 0.368 e. The van der Waals surface area contributed by atoms with Crippen molar-refractivity contribution >= 4 is 56.6 Å². The number of rotatable bonds is 2. The molecule has 1 aromatic heterocycles. The van der Waals surface area contributed by atoms with Gasteiger partial charge in [0.1, 0.15) is 10.8 Å². The van der Waals surface area contributed by atoms with Crippen molar-refractivity contribution in [2.24, 2.45) is 0 Å². The van der Waals surface area contributed by atoms with Crippen molar-refractivity contribution < 1.29 is 4.39 Å². The van der Waals surface area contributed by atoms with Crippen LogP contribution in [0.4, 0.5) is 21.8 Å². The smallest absolute Gasteiger partial charge is 0.222 e. The molecular weight excluding hydrogens is 346 g/mol. The number of nitrogens with one attached hydrogen (secondary N) is 1. The molecule has 0 radical (unpaired) electrons. The molecule has 3 N–H and O–H groups in total. The van der Waals surface area contributed by atoms with Gasteiger partial charge in [-0.3, -0.25) is 0 Å². The summed E-state index contributed by atoms with van der Waals surface area (Å²) in [4.78, 5) is 7.65. The second kappa shape index (κ2) is 5.26. The molecule has 1 heterocycles. The van der Waals surface area contributed by atoms with Crippen LogP contribution in [0.5, 0.6) is 0 Å². The van der Waals surface area contributed by atoms with Gasteiger partial charge in [0.05, 0.1) is 16.9 Å². The van der Waals surface area contributed by atoms with Crippen LogP contribution in [0.15, 0.2) is 22.8 Å². The standard InChI is InChI=1S/C10H6BrCl2FN4/c11-5-1-4(14)2-6(12)8(5)17-9-7(13)3-16-10(15)18-9/h1-3H,(H3,15,16,17,18). The minimum Gasteiger partial charge on any atom is -0.368 e. The lowest BCUT2D eigenvalue weighted by Gasteiger charge is -2.11. The molecule has 2 rings (SSSR count). The molecule has 18 heavy (non-hydrogen) atoms. The molecule has 0 saturated heterocycles. The third-order valence-electron chi connectivity index (χ3n) is 2.01. The molecule has 0 aliphatic rings. The number of benzene rings is 1. The predicted molar refractivity (Wildman–Crippen MR) is 73.8 cm³/mol. The van der Waals surface area contributed by atoms with Gasteiger partial charge in [-0.1, -0.05) is 23.2 Å². The Bertz CT molecular complexity index is 585. The molecule has 4 nitrogen and oxygen atoms in total. The van der Waals surface area contributed by atoms with Crippen LogP contribution in [0.1, 0.15) is 0 Å². The van der Waals surface area contributed by atoms with E-state index in [9.17, 15) is 4.39 Å². The summed E-state index contributed by atoms with van der Waals surface area (Å²) in [5.74, 6) is -0.0969. The predicted octanol–water partition coefficient (Wildman–Crippen LogP) is 4.01. The van der Waals surface area contributed by atoms with Crippen molar-refractivity contribution in [1.29, 1.82) is 0 Å². The maximum absolute atomic E-state index is 13.1. The molecule has 0 amide bonds. The molecule has 8 heteroatoms. The van der Waals surface area contributed by atoms with Crippen molar-refractivity contribution in [2.75, 3.05) is 11.1 Å². The first-order chi connectivity index (χ1) is 8.47. The van der Waals surface area contributed by atoms with E-state index in [0.717, 1.165) is 0 Å². The molecule has 2 aromatic rings. The molecule has 0 aliphatic heterocycles. The SMILES string of the molecule is Nc1ncc(Cl)c(Nc2c(Cl)cc(F)cc2Br)n1. The minimum atomic E-state index is -0.453. The van der Waals surface area contributed by atoms with Gasteiger partial charge >= 0.3 is 0 Å². The van der Waals surface area contributed by atoms with Gasteiger partial charge in [0.15, 0.2) is 5.82 Å². The Morgan fingerprint density at radius 3 is 2.67 bits per heavy atom. The minimum absolute atomic E-state index is 0.0660. The highest BCUT2D eigenvalue weighted by Gasteiger charge is 2.11. The maximum atomic E-state index is 13.1. The van der Waals surface area contributed by atoms with Crippen LogP contribution in [-0.4, -0.2) is 9.97 Å². The molecular formula is C10H6BrCl2FN4. The van der Waals surface area contributed by atoms with Crippen LogP contribution in [0.3, 0.4) is 0 Å². The number of hydrogen-bond acceptors (Lipinski definition) is 4. The third kappa shape index (κ3) is 2.82. The second-order valence-corrected chi connectivity index (χ2v) is 4.96. The molecule has 0 bridgehead atoms. The molecule has 0 spiro atoms. The van der Waals surface area contributed by atoms with E-state index in [2.05, 4.69) is 31.2 Å². The van der Waals surface area contributed by atoms with Gasteiger partial charge in [0.25, 0.3) is 0 Å². The Morgan fingerprint density at radius 1 is 1.28 bits per heavy atom. The lowest BCUT2D eigenvalue weighted by molar-refractivity contribution is 0.627. The van der Waals surface area contributed by atoms with Crippen LogP contribution in [0.25, 0.3) is 0 Å². The van der Waals surface area contributed by atoms with Gasteiger partial charge in [-0.05, 0) is 28.1 Å². The molecule has 94 valence electrons. The average molecular weight is 352 g/mol. The topological polar surface area (TPSA) is 63.8 Å². The lowest BCUT2D eigenvalue weighted by Crippen LogP contribution is -2.01. The number of aromatic nitrogens is 2. The molecule has 0 saturated carbocycles. The van der Waals surface area contributed by atoms with Crippen molar-refractivity contribution in [1.82, 2.24) is 9.97 Å². The quantitative estimate of drug-likeness (QED) is 0.857. The van der Waals surface area contributed by atoms with Crippen molar-refractivity contribution in [3.8, 4) is 0 Å². The van der Waals surface area contributed by atoms with Crippen molar-refractivity contribution in [3.05, 3.63) is 38.7 Å². The van der Waals surface area contributed by atoms with E-state index < -0.39 is 5.82 Å². The Labute approximate surface area is 120 Å². The Balaban J connectivity index is 2.43. The van der Waals surface area contributed by atoms with E-state index in [4.69, 9.17) is 28.9 Å². The summed E-state index contributed by atoms with van der Waals surface area (Å²) >= 11 is 15.0. The summed E-state index contributed by atoms with van der Waals surface area (Å²) in [5.41, 5.74) is 5.90. The number of nitrogens with zero attached hydrogens (tertiary/aromatic N) is 2. The fourth-order valence-corrected chi connectivity index (χ4v) is 2.29. The highest BCUT2D eigenvalue weighted by Crippen LogP contribution is 2.35. The summed E-state index contributed by atoms with van der Waals surface area (Å²) in [6.07, 6.45) is 1.36. The molecule has 0 aliphatic carbocycles. The average Bonchev–Trinajstić information content (AvgIpc) is 2.28. The van der Waals surface area contributed by atoms with E-state index in [1.165, 1.54) is 18.3 Å². The van der Waals surface area contributed by atoms with Crippen molar-refractivity contribution in [3.63, 3.8) is 0 Å². The fourth-order valence-electron chi connectivity index (χ4n) is 1.25. The zero-order valence-corrected chi connectivity index (χ0v) is 11.8. The Hall–Kier alpha value is -1.11. The van der Waals surface area contributed by atoms with Gasteiger partial charge in [-0.15, -0.1) is 0 Å². The Morgan fingerprint density at radius 2 is 2.00 bits per heavy atom. The van der Waals surface area contributed by atoms with E-state index >= 15 is 0 Å². The summed E-state index contributed by atoms with van der Waals surface area (Å²) in [5, 5.41) is 3.33. The summed E-state index contributed by atoms with van der Waals surface area (Å²) < 4.78 is 13.5. The molecule has 1 aromatic carbocycles. The summed E-state index contributed by atoms with van der Waals surface area (Å²) in [6.45, 7) is 0. The van der Waals surface area contributed by atoms with E-state index in [1.807, 2.05) is 0 Å². The third-order valence-corrected chi connectivity index (χ3v) is 3.21. The number of nitrogen functional groups attached to an aromatic ring is 1. The van der Waals surface area contributed by atoms with Crippen molar-refractivity contribution in [2.45, 2.75) is 0 Å². The van der Waals surface area contributed by atoms with Gasteiger partial charge in [0.2, 0.25) is 5.95 Å². The molecule has 0 fully saturated rings. The first-order valence-electron chi connectivity index (χ1n) is 4.67. The Kier molecular flexibility index (Phi) is 3.89. The van der Waals surface area contributed by atoms with Crippen LogP contribution >= 0.6 is 39.1 Å². The number of hydrogen-bond donors (Lipinski definition) is 2. The fraction of sp³-hybridized carbons (Fsp3) is 0. The normalized spacial score (nSPS) is 10.4. The van der Waals surface area contributed by atoms with E-state index in [1.54, 1.807) is 0 Å². The number of anilines is 3. The first-order valence-corrected chi connectivity index (χ1v) is 6.22. The zero-order chi connectivity index (χ0) is 13.3. The van der Waals surface area contributed by atoms with Crippen LogP contribution in [0, 0.1) is 5.82 Å². The first kappa shape index (κ1) is 13.3. The lowest BCUT2D eigenvalue weighted by atomic mass is 10.3. The number of nitrogens with two attached hydrogens (primary N) is 1. The highest BCUT2D eigenvalue weighted by atomic mass is 79.9. The highest BCUT2D eigenvalue weighted by molar-refractivity contribution is 9.10. The van der Waals surface area contributed by atoms with E-state index in [0.29, 0.717) is 16.0 Å². The monoisotopic (exact) mass is 350 g/mol. The summed E-state index contributed by atoms with van der Waals surface area (Å²) in [7, 11) is 0. The molecule has 0 atom stereocenters. The van der Waals surface area contributed by atoms with Gasteiger partial charge in [-0.25, -0.2) is 9.37 Å². The van der Waals surface area contributed by atoms with Crippen LogP contribution in [0.2, 0.25) is 10.0 Å². The van der Waals surface area contributed by atoms with Crippen LogP contribution < -0.4 is 11.1 Å². The van der Waals surface area contributed by atoms with Gasteiger partial charge in [-0.2, -0.15) is 4.98 Å². The van der Waals surface area contributed by atoms with E-state index in [-0.39, 0.29) is 16.0 Å². The van der Waals surface area contributed by atoms with Gasteiger partial charge in [0, 0.05) is 4.47 Å². The number of halogens is 4. The zero-order valence-electron chi connectivity index (χ0n) is 8.72. The second-order valence-electron chi connectivity index (χ2n) is 3.29. The van der Waals surface area contributed by atoms with Crippen LogP contribution in [-0.2, 0) is 0 Å². The summed E-state index contributed by atoms with van der Waals surface area (Å²) in [6, 6.07) is 2.44.